The van der Waals surface area contributed by atoms with Crippen molar-refractivity contribution < 1.29 is 14.3 Å². The zero-order valence-electron chi connectivity index (χ0n) is 15.3. The fourth-order valence-corrected chi connectivity index (χ4v) is 2.84. The molecule has 0 bridgehead atoms. The van der Waals surface area contributed by atoms with Crippen molar-refractivity contribution >= 4 is 35.3 Å². The first-order valence-corrected chi connectivity index (χ1v) is 9.52. The van der Waals surface area contributed by atoms with Gasteiger partial charge in [0.25, 0.3) is 5.91 Å². The maximum Gasteiger partial charge on any atom is 0.277 e. The highest BCUT2D eigenvalue weighted by Gasteiger charge is 2.06. The molecule has 1 amide bonds. The van der Waals surface area contributed by atoms with Gasteiger partial charge in [0.05, 0.1) is 11.2 Å². The minimum absolute atomic E-state index is 0.223. The predicted octanol–water partition coefficient (Wildman–Crippen LogP) is 5.10. The number of hydrazone groups is 1. The SMILES string of the molecule is O=C(COc1ccc(Cl)cc1Cl)N/N=C/c1cccc(OCc2ccccc2)c1. The quantitative estimate of drug-likeness (QED) is 0.400. The Hall–Kier alpha value is -3.02. The molecule has 3 aromatic rings. The number of hydrogen-bond donors (Lipinski definition) is 1. The van der Waals surface area contributed by atoms with Crippen LogP contribution in [0.25, 0.3) is 0 Å². The Bertz CT molecular complexity index is 994. The lowest BCUT2D eigenvalue weighted by atomic mass is 10.2. The molecular weight excluding hydrogens is 411 g/mol. The Morgan fingerprint density at radius 2 is 1.79 bits per heavy atom. The Labute approximate surface area is 178 Å². The number of hydrogen-bond acceptors (Lipinski definition) is 4. The molecule has 5 nitrogen and oxygen atoms in total. The number of amides is 1. The van der Waals surface area contributed by atoms with E-state index in [1.54, 1.807) is 18.2 Å². The van der Waals surface area contributed by atoms with Crippen molar-refractivity contribution in [1.29, 1.82) is 0 Å². The first-order chi connectivity index (χ1) is 14.1. The van der Waals surface area contributed by atoms with Crippen LogP contribution in [-0.4, -0.2) is 18.7 Å². The van der Waals surface area contributed by atoms with Gasteiger partial charge in [0.15, 0.2) is 6.61 Å². The molecule has 0 unspecified atom stereocenters. The summed E-state index contributed by atoms with van der Waals surface area (Å²) in [4.78, 5) is 11.9. The molecule has 0 heterocycles. The lowest BCUT2D eigenvalue weighted by Gasteiger charge is -2.07. The first-order valence-electron chi connectivity index (χ1n) is 8.77. The number of benzene rings is 3. The van der Waals surface area contributed by atoms with Gasteiger partial charge in [-0.2, -0.15) is 5.10 Å². The van der Waals surface area contributed by atoms with Crippen molar-refractivity contribution in [2.45, 2.75) is 6.61 Å². The van der Waals surface area contributed by atoms with Gasteiger partial charge in [0.1, 0.15) is 18.1 Å². The molecule has 29 heavy (non-hydrogen) atoms. The van der Waals surface area contributed by atoms with Gasteiger partial charge < -0.3 is 9.47 Å². The van der Waals surface area contributed by atoms with E-state index in [1.165, 1.54) is 6.21 Å². The van der Waals surface area contributed by atoms with Crippen molar-refractivity contribution in [1.82, 2.24) is 5.43 Å². The summed E-state index contributed by atoms with van der Waals surface area (Å²) in [5.74, 6) is 0.673. The van der Waals surface area contributed by atoms with Gasteiger partial charge in [-0.1, -0.05) is 65.7 Å². The first kappa shape index (κ1) is 20.7. The van der Waals surface area contributed by atoms with Crippen LogP contribution in [0, 0.1) is 0 Å². The van der Waals surface area contributed by atoms with E-state index < -0.39 is 5.91 Å². The van der Waals surface area contributed by atoms with Gasteiger partial charge in [-0.3, -0.25) is 4.79 Å². The average Bonchev–Trinajstić information content (AvgIpc) is 2.73. The van der Waals surface area contributed by atoms with Gasteiger partial charge >= 0.3 is 0 Å². The van der Waals surface area contributed by atoms with E-state index in [-0.39, 0.29) is 6.61 Å². The average molecular weight is 429 g/mol. The number of rotatable bonds is 8. The molecule has 3 rings (SSSR count). The number of nitrogens with zero attached hydrogens (tertiary/aromatic N) is 1. The predicted molar refractivity (Wildman–Crippen MR) is 115 cm³/mol. The monoisotopic (exact) mass is 428 g/mol. The molecule has 0 radical (unpaired) electrons. The Morgan fingerprint density at radius 1 is 0.966 bits per heavy atom. The standard InChI is InChI=1S/C22H18Cl2N2O3/c23-18-9-10-21(20(24)12-18)29-15-22(27)26-25-13-17-7-4-8-19(11-17)28-14-16-5-2-1-3-6-16/h1-13H,14-15H2,(H,26,27)/b25-13+. The van der Waals surface area contributed by atoms with E-state index in [9.17, 15) is 4.79 Å². The van der Waals surface area contributed by atoms with E-state index in [2.05, 4.69) is 10.5 Å². The van der Waals surface area contributed by atoms with Crippen molar-refractivity contribution in [3.05, 3.63) is 94.0 Å². The summed E-state index contributed by atoms with van der Waals surface area (Å²) >= 11 is 11.8. The van der Waals surface area contributed by atoms with Crippen LogP contribution < -0.4 is 14.9 Å². The molecule has 0 fully saturated rings. The third-order valence-corrected chi connectivity index (χ3v) is 4.29. The summed E-state index contributed by atoms with van der Waals surface area (Å²) in [7, 11) is 0. The second-order valence-corrected chi connectivity index (χ2v) is 6.85. The normalized spacial score (nSPS) is 10.7. The third-order valence-electron chi connectivity index (χ3n) is 3.76. The van der Waals surface area contributed by atoms with Crippen LogP contribution in [-0.2, 0) is 11.4 Å². The summed E-state index contributed by atoms with van der Waals surface area (Å²) < 4.78 is 11.1. The lowest BCUT2D eigenvalue weighted by molar-refractivity contribution is -0.123. The van der Waals surface area contributed by atoms with Crippen LogP contribution in [0.4, 0.5) is 0 Å². The molecule has 0 saturated heterocycles. The van der Waals surface area contributed by atoms with Crippen molar-refractivity contribution in [3.63, 3.8) is 0 Å². The molecule has 7 heteroatoms. The molecule has 0 aliphatic carbocycles. The van der Waals surface area contributed by atoms with Crippen LogP contribution in [0.5, 0.6) is 11.5 Å². The van der Waals surface area contributed by atoms with E-state index in [4.69, 9.17) is 32.7 Å². The fourth-order valence-electron chi connectivity index (χ4n) is 2.37. The van der Waals surface area contributed by atoms with Crippen LogP contribution >= 0.6 is 23.2 Å². The fraction of sp³-hybridized carbons (Fsp3) is 0.0909. The van der Waals surface area contributed by atoms with Crippen molar-refractivity contribution in [3.8, 4) is 11.5 Å². The van der Waals surface area contributed by atoms with Crippen molar-refractivity contribution in [2.75, 3.05) is 6.61 Å². The molecule has 0 saturated carbocycles. The zero-order chi connectivity index (χ0) is 20.5. The summed E-state index contributed by atoms with van der Waals surface area (Å²) in [5, 5.41) is 4.76. The highest BCUT2D eigenvalue weighted by atomic mass is 35.5. The summed E-state index contributed by atoms with van der Waals surface area (Å²) in [6.07, 6.45) is 1.53. The highest BCUT2D eigenvalue weighted by molar-refractivity contribution is 6.35. The van der Waals surface area contributed by atoms with E-state index in [0.717, 1.165) is 11.1 Å². The van der Waals surface area contributed by atoms with Gasteiger partial charge in [-0.25, -0.2) is 5.43 Å². The van der Waals surface area contributed by atoms with E-state index in [0.29, 0.717) is 28.2 Å². The van der Waals surface area contributed by atoms with E-state index in [1.807, 2.05) is 54.6 Å². The number of halogens is 2. The topological polar surface area (TPSA) is 59.9 Å². The Balaban J connectivity index is 1.47. The van der Waals surface area contributed by atoms with Gasteiger partial charge in [0.2, 0.25) is 0 Å². The third kappa shape index (κ3) is 6.82. The summed E-state index contributed by atoms with van der Waals surface area (Å²) in [5.41, 5.74) is 4.28. The number of ether oxygens (including phenoxy) is 2. The summed E-state index contributed by atoms with van der Waals surface area (Å²) in [6, 6.07) is 22.1. The molecule has 0 aromatic heterocycles. The van der Waals surface area contributed by atoms with Gasteiger partial charge in [-0.15, -0.1) is 0 Å². The van der Waals surface area contributed by atoms with Crippen LogP contribution in [0.2, 0.25) is 10.0 Å². The minimum Gasteiger partial charge on any atom is -0.489 e. The maximum absolute atomic E-state index is 11.9. The van der Waals surface area contributed by atoms with Gasteiger partial charge in [0, 0.05) is 5.02 Å². The largest absolute Gasteiger partial charge is 0.489 e. The number of nitrogens with one attached hydrogen (secondary N) is 1. The van der Waals surface area contributed by atoms with E-state index >= 15 is 0 Å². The van der Waals surface area contributed by atoms with Crippen molar-refractivity contribution in [2.24, 2.45) is 5.10 Å². The molecular formula is C22H18Cl2N2O3. The van der Waals surface area contributed by atoms with Crippen LogP contribution in [0.1, 0.15) is 11.1 Å². The molecule has 148 valence electrons. The van der Waals surface area contributed by atoms with Crippen LogP contribution in [0.15, 0.2) is 77.9 Å². The second-order valence-electron chi connectivity index (χ2n) is 6.00. The van der Waals surface area contributed by atoms with Crippen LogP contribution in [0.3, 0.4) is 0 Å². The lowest BCUT2D eigenvalue weighted by Crippen LogP contribution is -2.24. The zero-order valence-corrected chi connectivity index (χ0v) is 16.9. The molecule has 3 aromatic carbocycles. The second kappa shape index (κ2) is 10.5. The highest BCUT2D eigenvalue weighted by Crippen LogP contribution is 2.27. The minimum atomic E-state index is -0.413. The maximum atomic E-state index is 11.9. The Kier molecular flexibility index (Phi) is 7.50. The number of carbonyl (C=O) groups is 1. The molecule has 0 aliphatic heterocycles. The molecule has 0 aliphatic rings. The molecule has 0 spiro atoms. The molecule has 1 N–H and O–H groups in total. The Morgan fingerprint density at radius 3 is 2.59 bits per heavy atom. The summed E-state index contributed by atoms with van der Waals surface area (Å²) in [6.45, 7) is 0.252. The molecule has 0 atom stereocenters. The number of carbonyl (C=O) groups excluding carboxylic acids is 1. The van der Waals surface area contributed by atoms with Gasteiger partial charge in [-0.05, 0) is 41.5 Å². The smallest absolute Gasteiger partial charge is 0.277 e.